The molecule has 1 fully saturated rings. The lowest BCUT2D eigenvalue weighted by atomic mass is 9.97. The molecule has 1 unspecified atom stereocenters. The fourth-order valence-electron chi connectivity index (χ4n) is 2.71. The van der Waals surface area contributed by atoms with Gasteiger partial charge in [0.2, 0.25) is 5.91 Å². The van der Waals surface area contributed by atoms with E-state index in [4.69, 9.17) is 5.26 Å². The molecule has 1 aromatic rings. The lowest BCUT2D eigenvalue weighted by Gasteiger charge is -2.31. The SMILES string of the molecule is CC(=O)c1ccc(NC(=O)C2CCCN(CCC#N)C2)cc1. The third-order valence-corrected chi connectivity index (χ3v) is 3.98. The van der Waals surface area contributed by atoms with E-state index in [0.717, 1.165) is 25.9 Å². The summed E-state index contributed by atoms with van der Waals surface area (Å²) >= 11 is 0. The number of benzene rings is 1. The fraction of sp³-hybridized carbons (Fsp3) is 0.471. The summed E-state index contributed by atoms with van der Waals surface area (Å²) in [5, 5.41) is 11.6. The zero-order valence-corrected chi connectivity index (χ0v) is 12.8. The van der Waals surface area contributed by atoms with E-state index in [0.29, 0.717) is 24.2 Å². The highest BCUT2D eigenvalue weighted by molar-refractivity contribution is 5.96. The van der Waals surface area contributed by atoms with Gasteiger partial charge < -0.3 is 10.2 Å². The van der Waals surface area contributed by atoms with Gasteiger partial charge in [0.05, 0.1) is 12.0 Å². The van der Waals surface area contributed by atoms with E-state index in [-0.39, 0.29) is 17.6 Å². The number of hydrogen-bond donors (Lipinski definition) is 1. The Morgan fingerprint density at radius 2 is 2.09 bits per heavy atom. The number of nitrogens with one attached hydrogen (secondary N) is 1. The van der Waals surface area contributed by atoms with Crippen molar-refractivity contribution in [1.82, 2.24) is 4.90 Å². The van der Waals surface area contributed by atoms with Crippen molar-refractivity contribution in [2.45, 2.75) is 26.2 Å². The molecule has 1 heterocycles. The maximum absolute atomic E-state index is 12.3. The summed E-state index contributed by atoms with van der Waals surface area (Å²) in [7, 11) is 0. The quantitative estimate of drug-likeness (QED) is 0.848. The highest BCUT2D eigenvalue weighted by Gasteiger charge is 2.25. The number of likely N-dealkylation sites (tertiary alicyclic amines) is 1. The predicted octanol–water partition coefficient (Wildman–Crippen LogP) is 2.45. The molecule has 1 saturated heterocycles. The first kappa shape index (κ1) is 16.2. The monoisotopic (exact) mass is 299 g/mol. The van der Waals surface area contributed by atoms with Crippen molar-refractivity contribution in [2.24, 2.45) is 5.92 Å². The molecule has 1 N–H and O–H groups in total. The highest BCUT2D eigenvalue weighted by Crippen LogP contribution is 2.19. The molecule has 1 atom stereocenters. The van der Waals surface area contributed by atoms with E-state index in [1.807, 2.05) is 0 Å². The van der Waals surface area contributed by atoms with Gasteiger partial charge in [-0.3, -0.25) is 9.59 Å². The molecule has 0 saturated carbocycles. The van der Waals surface area contributed by atoms with Gasteiger partial charge in [-0.05, 0) is 50.6 Å². The van der Waals surface area contributed by atoms with Gasteiger partial charge >= 0.3 is 0 Å². The summed E-state index contributed by atoms with van der Waals surface area (Å²) in [5.74, 6) is -0.0181. The maximum atomic E-state index is 12.3. The molecule has 1 amide bonds. The van der Waals surface area contributed by atoms with Crippen LogP contribution in [0.15, 0.2) is 24.3 Å². The summed E-state index contributed by atoms with van der Waals surface area (Å²) in [6.45, 7) is 3.91. The molecule has 1 aliphatic heterocycles. The standard InChI is InChI=1S/C17H21N3O2/c1-13(21)14-5-7-16(8-6-14)19-17(22)15-4-2-10-20(12-15)11-3-9-18/h5-8,15H,2-4,10-12H2,1H3,(H,19,22). The number of Topliss-reactive ketones (excluding diaryl/α,β-unsaturated/α-hetero) is 1. The minimum absolute atomic E-state index is 0.0113. The Labute approximate surface area is 130 Å². The number of carbonyl (C=O) groups is 2. The van der Waals surface area contributed by atoms with Crippen LogP contribution in [0.2, 0.25) is 0 Å². The average Bonchev–Trinajstić information content (AvgIpc) is 2.53. The van der Waals surface area contributed by atoms with Crippen molar-refractivity contribution in [3.05, 3.63) is 29.8 Å². The Balaban J connectivity index is 1.91. The van der Waals surface area contributed by atoms with Crippen molar-refractivity contribution >= 4 is 17.4 Å². The molecular formula is C17H21N3O2. The van der Waals surface area contributed by atoms with Crippen LogP contribution in [-0.2, 0) is 4.79 Å². The van der Waals surface area contributed by atoms with Gasteiger partial charge in [0, 0.05) is 30.8 Å². The first-order valence-electron chi connectivity index (χ1n) is 7.61. The first-order chi connectivity index (χ1) is 10.6. The molecule has 1 aromatic carbocycles. The number of rotatable bonds is 5. The fourth-order valence-corrected chi connectivity index (χ4v) is 2.71. The second kappa shape index (κ2) is 7.71. The van der Waals surface area contributed by atoms with Gasteiger partial charge in [0.25, 0.3) is 0 Å². The summed E-state index contributed by atoms with van der Waals surface area (Å²) in [6.07, 6.45) is 2.36. The Bertz CT molecular complexity index is 575. The van der Waals surface area contributed by atoms with E-state index in [9.17, 15) is 9.59 Å². The van der Waals surface area contributed by atoms with Crippen molar-refractivity contribution in [3.8, 4) is 6.07 Å². The zero-order chi connectivity index (χ0) is 15.9. The minimum atomic E-state index is -0.0417. The summed E-state index contributed by atoms with van der Waals surface area (Å²) < 4.78 is 0. The van der Waals surface area contributed by atoms with Crippen LogP contribution in [0, 0.1) is 17.2 Å². The predicted molar refractivity (Wildman–Crippen MR) is 84.5 cm³/mol. The Morgan fingerprint density at radius 1 is 1.36 bits per heavy atom. The highest BCUT2D eigenvalue weighted by atomic mass is 16.2. The maximum Gasteiger partial charge on any atom is 0.228 e. The molecule has 0 spiro atoms. The molecule has 0 aromatic heterocycles. The summed E-state index contributed by atoms with van der Waals surface area (Å²) in [5.41, 5.74) is 1.35. The van der Waals surface area contributed by atoms with Crippen LogP contribution in [0.3, 0.4) is 0 Å². The third-order valence-electron chi connectivity index (χ3n) is 3.98. The number of hydrogen-bond acceptors (Lipinski definition) is 4. The zero-order valence-electron chi connectivity index (χ0n) is 12.8. The van der Waals surface area contributed by atoms with Crippen molar-refractivity contribution in [3.63, 3.8) is 0 Å². The molecule has 5 nitrogen and oxygen atoms in total. The number of carbonyl (C=O) groups excluding carboxylic acids is 2. The second-order valence-corrected chi connectivity index (χ2v) is 5.67. The van der Waals surface area contributed by atoms with Gasteiger partial charge in [-0.15, -0.1) is 0 Å². The number of piperidine rings is 1. The molecule has 5 heteroatoms. The lowest BCUT2D eigenvalue weighted by molar-refractivity contribution is -0.121. The van der Waals surface area contributed by atoms with Crippen molar-refractivity contribution < 1.29 is 9.59 Å². The molecule has 0 bridgehead atoms. The molecule has 116 valence electrons. The number of nitrogens with zero attached hydrogens (tertiary/aromatic N) is 2. The second-order valence-electron chi connectivity index (χ2n) is 5.67. The largest absolute Gasteiger partial charge is 0.326 e. The van der Waals surface area contributed by atoms with Crippen LogP contribution in [0.25, 0.3) is 0 Å². The summed E-state index contributed by atoms with van der Waals surface area (Å²) in [6, 6.07) is 9.09. The third kappa shape index (κ3) is 4.40. The Kier molecular flexibility index (Phi) is 5.68. The lowest BCUT2D eigenvalue weighted by Crippen LogP contribution is -2.41. The normalized spacial score (nSPS) is 18.5. The molecule has 0 radical (unpaired) electrons. The van der Waals surface area contributed by atoms with Crippen LogP contribution >= 0.6 is 0 Å². The van der Waals surface area contributed by atoms with Gasteiger partial charge in [-0.25, -0.2) is 0 Å². The van der Waals surface area contributed by atoms with Crippen LogP contribution in [0.1, 0.15) is 36.5 Å². The number of ketones is 1. The van der Waals surface area contributed by atoms with Crippen LogP contribution in [0.5, 0.6) is 0 Å². The molecule has 22 heavy (non-hydrogen) atoms. The van der Waals surface area contributed by atoms with Crippen LogP contribution < -0.4 is 5.32 Å². The van der Waals surface area contributed by atoms with Crippen molar-refractivity contribution in [1.29, 1.82) is 5.26 Å². The van der Waals surface area contributed by atoms with Gasteiger partial charge in [-0.2, -0.15) is 5.26 Å². The molecular weight excluding hydrogens is 278 g/mol. The van der Waals surface area contributed by atoms with Gasteiger partial charge in [-0.1, -0.05) is 0 Å². The van der Waals surface area contributed by atoms with E-state index in [2.05, 4.69) is 16.3 Å². The number of anilines is 1. The smallest absolute Gasteiger partial charge is 0.228 e. The van der Waals surface area contributed by atoms with Gasteiger partial charge in [0.1, 0.15) is 0 Å². The number of nitriles is 1. The molecule has 1 aliphatic rings. The topological polar surface area (TPSA) is 73.2 Å². The van der Waals surface area contributed by atoms with E-state index < -0.39 is 0 Å². The minimum Gasteiger partial charge on any atom is -0.326 e. The van der Waals surface area contributed by atoms with Crippen LogP contribution in [0.4, 0.5) is 5.69 Å². The average molecular weight is 299 g/mol. The summed E-state index contributed by atoms with van der Waals surface area (Å²) in [4.78, 5) is 25.7. The Morgan fingerprint density at radius 3 is 2.73 bits per heavy atom. The number of amides is 1. The first-order valence-corrected chi connectivity index (χ1v) is 7.61. The molecule has 0 aliphatic carbocycles. The van der Waals surface area contributed by atoms with Crippen molar-refractivity contribution in [2.75, 3.05) is 25.0 Å². The van der Waals surface area contributed by atoms with Crippen LogP contribution in [-0.4, -0.2) is 36.2 Å². The van der Waals surface area contributed by atoms with Gasteiger partial charge in [0.15, 0.2) is 5.78 Å². The van der Waals surface area contributed by atoms with E-state index in [1.54, 1.807) is 24.3 Å². The van der Waals surface area contributed by atoms with E-state index >= 15 is 0 Å². The van der Waals surface area contributed by atoms with E-state index in [1.165, 1.54) is 6.92 Å². The Hall–Kier alpha value is -2.19. The molecule has 2 rings (SSSR count).